The predicted molar refractivity (Wildman–Crippen MR) is 97.7 cm³/mol. The first kappa shape index (κ1) is 17.6. The smallest absolute Gasteiger partial charge is 0.265 e. The Kier molecular flexibility index (Phi) is 4.87. The van der Waals surface area contributed by atoms with Gasteiger partial charge in [0.1, 0.15) is 5.75 Å². The van der Waals surface area contributed by atoms with Gasteiger partial charge in [-0.2, -0.15) is 0 Å². The molecular formula is C17H17ClN2O4S. The number of carbonyl (C=O) groups is 1. The molecule has 2 aromatic carbocycles. The number of carbonyl (C=O) groups excluding carboxylic acids is 1. The van der Waals surface area contributed by atoms with Crippen LogP contribution in [0.5, 0.6) is 5.75 Å². The molecule has 0 radical (unpaired) electrons. The average Bonchev–Trinajstić information content (AvgIpc) is 2.76. The lowest BCUT2D eigenvalue weighted by atomic mass is 10.2. The molecule has 3 rings (SSSR count). The minimum atomic E-state index is -3.47. The molecule has 0 aromatic heterocycles. The largest absolute Gasteiger partial charge is 0.478 e. The van der Waals surface area contributed by atoms with Crippen LogP contribution in [0.25, 0.3) is 0 Å². The normalized spacial score (nSPS) is 17.2. The number of rotatable bonds is 3. The Morgan fingerprint density at radius 1 is 1.20 bits per heavy atom. The molecule has 2 aromatic rings. The molecule has 1 aliphatic heterocycles. The summed E-state index contributed by atoms with van der Waals surface area (Å²) in [6.45, 7) is 0.161. The van der Waals surface area contributed by atoms with Crippen molar-refractivity contribution in [3.63, 3.8) is 0 Å². The zero-order valence-electron chi connectivity index (χ0n) is 13.5. The summed E-state index contributed by atoms with van der Waals surface area (Å²) < 4.78 is 31.2. The summed E-state index contributed by atoms with van der Waals surface area (Å²) in [5.74, 6) is 0.0224. The topological polar surface area (TPSA) is 75.7 Å². The van der Waals surface area contributed by atoms with Gasteiger partial charge in [0.25, 0.3) is 5.91 Å². The zero-order valence-corrected chi connectivity index (χ0v) is 15.0. The Hall–Kier alpha value is -2.25. The Morgan fingerprint density at radius 2 is 1.88 bits per heavy atom. The molecule has 1 N–H and O–H groups in total. The van der Waals surface area contributed by atoms with Crippen LogP contribution in [0.3, 0.4) is 0 Å². The van der Waals surface area contributed by atoms with E-state index < -0.39 is 16.1 Å². The summed E-state index contributed by atoms with van der Waals surface area (Å²) in [5, 5.41) is 3.33. The van der Waals surface area contributed by atoms with E-state index in [0.717, 1.165) is 6.26 Å². The Bertz CT molecular complexity index is 884. The highest BCUT2D eigenvalue weighted by molar-refractivity contribution is 7.92. The molecule has 0 bridgehead atoms. The van der Waals surface area contributed by atoms with Gasteiger partial charge in [-0.25, -0.2) is 8.42 Å². The van der Waals surface area contributed by atoms with Crippen LogP contribution in [0.2, 0.25) is 5.02 Å². The molecule has 25 heavy (non-hydrogen) atoms. The maximum Gasteiger partial charge on any atom is 0.265 e. The second-order valence-corrected chi connectivity index (χ2v) is 8.04. The van der Waals surface area contributed by atoms with Gasteiger partial charge in [-0.1, -0.05) is 23.7 Å². The lowest BCUT2D eigenvalue weighted by Crippen LogP contribution is -2.35. The van der Waals surface area contributed by atoms with Gasteiger partial charge in [-0.05, 0) is 36.4 Å². The lowest BCUT2D eigenvalue weighted by molar-refractivity contribution is -0.122. The molecule has 0 saturated heterocycles. The van der Waals surface area contributed by atoms with E-state index in [2.05, 4.69) is 5.32 Å². The van der Waals surface area contributed by atoms with Gasteiger partial charge in [0.2, 0.25) is 10.0 Å². The molecule has 8 heteroatoms. The molecule has 0 saturated carbocycles. The third kappa shape index (κ3) is 4.05. The third-order valence-electron chi connectivity index (χ3n) is 3.80. The fourth-order valence-corrected chi connectivity index (χ4v) is 3.69. The van der Waals surface area contributed by atoms with Crippen LogP contribution >= 0.6 is 11.6 Å². The van der Waals surface area contributed by atoms with Gasteiger partial charge in [0, 0.05) is 23.7 Å². The number of anilines is 2. The van der Waals surface area contributed by atoms with Crippen molar-refractivity contribution in [3.8, 4) is 5.75 Å². The minimum Gasteiger partial charge on any atom is -0.478 e. The van der Waals surface area contributed by atoms with E-state index in [4.69, 9.17) is 16.3 Å². The minimum absolute atomic E-state index is 0.161. The molecule has 0 aliphatic carbocycles. The van der Waals surface area contributed by atoms with Crippen molar-refractivity contribution in [2.75, 3.05) is 22.4 Å². The van der Waals surface area contributed by atoms with Crippen molar-refractivity contribution in [2.24, 2.45) is 0 Å². The van der Waals surface area contributed by atoms with E-state index in [0.29, 0.717) is 22.1 Å². The van der Waals surface area contributed by atoms with E-state index >= 15 is 0 Å². The van der Waals surface area contributed by atoms with Crippen LogP contribution in [0.15, 0.2) is 48.5 Å². The number of halogens is 1. The van der Waals surface area contributed by atoms with E-state index in [-0.39, 0.29) is 18.9 Å². The van der Waals surface area contributed by atoms with Crippen LogP contribution in [-0.4, -0.2) is 33.2 Å². The van der Waals surface area contributed by atoms with Crippen LogP contribution in [0, 0.1) is 0 Å². The van der Waals surface area contributed by atoms with Crippen molar-refractivity contribution < 1.29 is 17.9 Å². The van der Waals surface area contributed by atoms with Crippen molar-refractivity contribution in [3.05, 3.63) is 53.6 Å². The zero-order chi connectivity index (χ0) is 18.0. The monoisotopic (exact) mass is 380 g/mol. The van der Waals surface area contributed by atoms with Gasteiger partial charge >= 0.3 is 0 Å². The molecule has 0 unspecified atom stereocenters. The van der Waals surface area contributed by atoms with Gasteiger partial charge in [0.15, 0.2) is 6.10 Å². The molecule has 1 aliphatic rings. The first-order valence-corrected chi connectivity index (χ1v) is 9.87. The maximum atomic E-state index is 12.5. The van der Waals surface area contributed by atoms with Crippen molar-refractivity contribution in [1.29, 1.82) is 0 Å². The highest BCUT2D eigenvalue weighted by atomic mass is 35.5. The first-order chi connectivity index (χ1) is 11.8. The van der Waals surface area contributed by atoms with Gasteiger partial charge in [0.05, 0.1) is 11.9 Å². The average molecular weight is 381 g/mol. The number of nitrogens with one attached hydrogen (secondary N) is 1. The number of sulfonamides is 1. The molecule has 132 valence electrons. The first-order valence-electron chi connectivity index (χ1n) is 7.64. The van der Waals surface area contributed by atoms with E-state index in [1.165, 1.54) is 4.31 Å². The van der Waals surface area contributed by atoms with Crippen molar-refractivity contribution in [2.45, 2.75) is 12.5 Å². The summed E-state index contributed by atoms with van der Waals surface area (Å²) >= 11 is 5.83. The molecule has 0 fully saturated rings. The second-order valence-electron chi connectivity index (χ2n) is 5.69. The van der Waals surface area contributed by atoms with E-state index in [1.807, 2.05) is 0 Å². The maximum absolute atomic E-state index is 12.5. The predicted octanol–water partition coefficient (Wildman–Crippen LogP) is 2.90. The van der Waals surface area contributed by atoms with Crippen molar-refractivity contribution >= 4 is 38.9 Å². The fourth-order valence-electron chi connectivity index (χ4n) is 2.62. The number of hydrogen-bond donors (Lipinski definition) is 1. The number of benzene rings is 2. The Labute approximate surface area is 151 Å². The highest BCUT2D eigenvalue weighted by Gasteiger charge is 2.31. The molecule has 1 heterocycles. The highest BCUT2D eigenvalue weighted by Crippen LogP contribution is 2.34. The number of fused-ring (bicyclic) bond motifs is 1. The Morgan fingerprint density at radius 3 is 2.56 bits per heavy atom. The summed E-state index contributed by atoms with van der Waals surface area (Å²) in [5.41, 5.74) is 1.03. The van der Waals surface area contributed by atoms with Gasteiger partial charge < -0.3 is 10.1 Å². The van der Waals surface area contributed by atoms with Crippen LogP contribution in [0.4, 0.5) is 11.4 Å². The second kappa shape index (κ2) is 6.93. The lowest BCUT2D eigenvalue weighted by Gasteiger charge is -2.20. The number of ether oxygens (including phenoxy) is 1. The molecular weight excluding hydrogens is 364 g/mol. The number of nitrogens with zero attached hydrogens (tertiary/aromatic N) is 1. The molecule has 1 atom stereocenters. The Balaban J connectivity index is 1.83. The van der Waals surface area contributed by atoms with Crippen molar-refractivity contribution in [1.82, 2.24) is 0 Å². The van der Waals surface area contributed by atoms with Gasteiger partial charge in [-0.3, -0.25) is 9.10 Å². The van der Waals surface area contributed by atoms with Crippen LogP contribution < -0.4 is 14.4 Å². The number of para-hydroxylation sites is 2. The van der Waals surface area contributed by atoms with E-state index in [1.54, 1.807) is 48.5 Å². The summed E-state index contributed by atoms with van der Waals surface area (Å²) in [6.07, 6.45) is 0.572. The van der Waals surface area contributed by atoms with Gasteiger partial charge in [-0.15, -0.1) is 0 Å². The van der Waals surface area contributed by atoms with Crippen LogP contribution in [0.1, 0.15) is 6.42 Å². The number of amides is 1. The quantitative estimate of drug-likeness (QED) is 0.888. The van der Waals surface area contributed by atoms with E-state index in [9.17, 15) is 13.2 Å². The molecule has 6 nitrogen and oxygen atoms in total. The summed E-state index contributed by atoms with van der Waals surface area (Å²) in [7, 11) is -3.47. The molecule has 0 spiro atoms. The van der Waals surface area contributed by atoms with Crippen LogP contribution in [-0.2, 0) is 14.8 Å². The summed E-state index contributed by atoms with van der Waals surface area (Å²) in [4.78, 5) is 12.5. The third-order valence-corrected chi connectivity index (χ3v) is 5.23. The standard InChI is InChI=1S/C17H17ClN2O4S/c1-25(22,23)20-11-10-16(24-15-5-3-2-4-14(15)20)17(21)19-13-8-6-12(18)7-9-13/h2-9,16H,10-11H2,1H3,(H,19,21)/t16-/m1/s1. The SMILES string of the molecule is CS(=O)(=O)N1CC[C@H](C(=O)Nc2ccc(Cl)cc2)Oc2ccccc21. The summed E-state index contributed by atoms with van der Waals surface area (Å²) in [6, 6.07) is 13.5. The fraction of sp³-hybridized carbons (Fsp3) is 0.235. The molecule has 1 amide bonds. The number of hydrogen-bond acceptors (Lipinski definition) is 4.